The quantitative estimate of drug-likeness (QED) is 0.785. The summed E-state index contributed by atoms with van der Waals surface area (Å²) >= 11 is 0. The van der Waals surface area contributed by atoms with Gasteiger partial charge in [0.05, 0.1) is 6.42 Å². The van der Waals surface area contributed by atoms with Crippen LogP contribution >= 0.6 is 0 Å². The number of rotatable bonds is 4. The summed E-state index contributed by atoms with van der Waals surface area (Å²) in [6, 6.07) is 0.0574. The SMILES string of the molecule is CC1CCC(NC(=O)N(C)CCC(=O)O)C1C. The lowest BCUT2D eigenvalue weighted by atomic mass is 9.98. The fraction of sp³-hybridized carbons (Fsp3) is 0.833. The van der Waals surface area contributed by atoms with E-state index in [-0.39, 0.29) is 25.0 Å². The van der Waals surface area contributed by atoms with Gasteiger partial charge in [-0.05, 0) is 24.7 Å². The maximum absolute atomic E-state index is 11.8. The molecule has 0 spiro atoms. The number of carboxylic acid groups (broad SMARTS) is 1. The number of carbonyl (C=O) groups is 2. The van der Waals surface area contributed by atoms with Gasteiger partial charge in [0.1, 0.15) is 0 Å². The second kappa shape index (κ2) is 5.89. The van der Waals surface area contributed by atoms with Gasteiger partial charge >= 0.3 is 12.0 Å². The zero-order valence-electron chi connectivity index (χ0n) is 10.8. The molecule has 1 aliphatic rings. The van der Waals surface area contributed by atoms with E-state index in [1.165, 1.54) is 4.90 Å². The molecule has 3 atom stereocenters. The molecule has 0 heterocycles. The van der Waals surface area contributed by atoms with Crippen LogP contribution in [-0.2, 0) is 4.79 Å². The van der Waals surface area contributed by atoms with E-state index in [0.29, 0.717) is 11.8 Å². The molecule has 2 N–H and O–H groups in total. The van der Waals surface area contributed by atoms with Crippen LogP contribution < -0.4 is 5.32 Å². The molecule has 0 aliphatic heterocycles. The van der Waals surface area contributed by atoms with Gasteiger partial charge in [0, 0.05) is 19.6 Å². The Bertz CT molecular complexity index is 293. The van der Waals surface area contributed by atoms with Crippen LogP contribution in [0.15, 0.2) is 0 Å². The number of urea groups is 1. The minimum Gasteiger partial charge on any atom is -0.481 e. The Morgan fingerprint density at radius 1 is 1.35 bits per heavy atom. The van der Waals surface area contributed by atoms with Crippen molar-refractivity contribution in [1.29, 1.82) is 0 Å². The fourth-order valence-corrected chi connectivity index (χ4v) is 2.20. The molecular formula is C12H22N2O3. The first-order valence-electron chi connectivity index (χ1n) is 6.15. The van der Waals surface area contributed by atoms with Gasteiger partial charge in [0.25, 0.3) is 0 Å². The molecule has 1 rings (SSSR count). The van der Waals surface area contributed by atoms with E-state index in [9.17, 15) is 9.59 Å². The largest absolute Gasteiger partial charge is 0.481 e. The zero-order valence-corrected chi connectivity index (χ0v) is 10.8. The summed E-state index contributed by atoms with van der Waals surface area (Å²) in [5, 5.41) is 11.5. The monoisotopic (exact) mass is 242 g/mol. The Labute approximate surface area is 102 Å². The highest BCUT2D eigenvalue weighted by Crippen LogP contribution is 2.31. The topological polar surface area (TPSA) is 69.6 Å². The van der Waals surface area contributed by atoms with Gasteiger partial charge in [0.15, 0.2) is 0 Å². The minimum absolute atomic E-state index is 0.0134. The standard InChI is InChI=1S/C12H22N2O3/c1-8-4-5-10(9(8)2)13-12(17)14(3)7-6-11(15)16/h8-10H,4-7H2,1-3H3,(H,13,17)(H,15,16). The molecule has 3 unspecified atom stereocenters. The van der Waals surface area contributed by atoms with Gasteiger partial charge in [-0.2, -0.15) is 0 Å². The lowest BCUT2D eigenvalue weighted by Gasteiger charge is -2.24. The molecule has 1 fully saturated rings. The van der Waals surface area contributed by atoms with E-state index < -0.39 is 5.97 Å². The Morgan fingerprint density at radius 3 is 2.47 bits per heavy atom. The summed E-state index contributed by atoms with van der Waals surface area (Å²) in [6.45, 7) is 4.60. The molecule has 5 nitrogen and oxygen atoms in total. The molecule has 17 heavy (non-hydrogen) atoms. The van der Waals surface area contributed by atoms with Crippen molar-refractivity contribution in [3.63, 3.8) is 0 Å². The van der Waals surface area contributed by atoms with Gasteiger partial charge in [-0.3, -0.25) is 4.79 Å². The molecule has 0 saturated heterocycles. The molecule has 1 aliphatic carbocycles. The molecule has 0 aromatic rings. The van der Waals surface area contributed by atoms with Crippen molar-refractivity contribution in [1.82, 2.24) is 10.2 Å². The maximum Gasteiger partial charge on any atom is 0.317 e. The number of carboxylic acids is 1. The van der Waals surface area contributed by atoms with Crippen molar-refractivity contribution in [2.75, 3.05) is 13.6 Å². The van der Waals surface area contributed by atoms with E-state index in [2.05, 4.69) is 19.2 Å². The molecule has 2 amide bonds. The van der Waals surface area contributed by atoms with E-state index in [0.717, 1.165) is 12.8 Å². The van der Waals surface area contributed by atoms with Crippen LogP contribution in [0.2, 0.25) is 0 Å². The van der Waals surface area contributed by atoms with Crippen LogP contribution in [0.1, 0.15) is 33.1 Å². The van der Waals surface area contributed by atoms with E-state index in [4.69, 9.17) is 5.11 Å². The summed E-state index contributed by atoms with van der Waals surface area (Å²) in [4.78, 5) is 23.6. The average Bonchev–Trinajstić information content (AvgIpc) is 2.57. The summed E-state index contributed by atoms with van der Waals surface area (Å²) in [7, 11) is 1.63. The molecule has 1 saturated carbocycles. The van der Waals surface area contributed by atoms with Crippen LogP contribution in [0.4, 0.5) is 4.79 Å². The predicted molar refractivity (Wildman–Crippen MR) is 64.8 cm³/mol. The van der Waals surface area contributed by atoms with Crippen LogP contribution in [0.3, 0.4) is 0 Å². The number of hydrogen-bond donors (Lipinski definition) is 2. The van der Waals surface area contributed by atoms with E-state index in [1.54, 1.807) is 7.05 Å². The number of aliphatic carboxylic acids is 1. The second-order valence-electron chi connectivity index (χ2n) is 5.04. The molecular weight excluding hydrogens is 220 g/mol. The van der Waals surface area contributed by atoms with Crippen molar-refractivity contribution in [2.24, 2.45) is 11.8 Å². The highest BCUT2D eigenvalue weighted by atomic mass is 16.4. The molecule has 0 radical (unpaired) electrons. The average molecular weight is 242 g/mol. The van der Waals surface area contributed by atoms with Crippen molar-refractivity contribution in [2.45, 2.75) is 39.2 Å². The first kappa shape index (κ1) is 13.8. The van der Waals surface area contributed by atoms with Gasteiger partial charge < -0.3 is 15.3 Å². The van der Waals surface area contributed by atoms with Crippen LogP contribution in [-0.4, -0.2) is 41.6 Å². The van der Waals surface area contributed by atoms with Crippen molar-refractivity contribution < 1.29 is 14.7 Å². The fourth-order valence-electron chi connectivity index (χ4n) is 2.20. The number of nitrogens with one attached hydrogen (secondary N) is 1. The Balaban J connectivity index is 2.36. The number of amides is 2. The second-order valence-corrected chi connectivity index (χ2v) is 5.04. The predicted octanol–water partition coefficient (Wildman–Crippen LogP) is 1.54. The highest BCUT2D eigenvalue weighted by molar-refractivity contribution is 5.75. The molecule has 0 aromatic heterocycles. The third kappa shape index (κ3) is 3.91. The molecule has 0 bridgehead atoms. The van der Waals surface area contributed by atoms with Crippen LogP contribution in [0.5, 0.6) is 0 Å². The minimum atomic E-state index is -0.882. The van der Waals surface area contributed by atoms with Gasteiger partial charge in [-0.15, -0.1) is 0 Å². The number of carbonyl (C=O) groups excluding carboxylic acids is 1. The summed E-state index contributed by atoms with van der Waals surface area (Å²) < 4.78 is 0. The summed E-state index contributed by atoms with van der Waals surface area (Å²) in [6.07, 6.45) is 2.15. The molecule has 5 heteroatoms. The first-order valence-corrected chi connectivity index (χ1v) is 6.15. The van der Waals surface area contributed by atoms with E-state index >= 15 is 0 Å². The lowest BCUT2D eigenvalue weighted by Crippen LogP contribution is -2.45. The smallest absolute Gasteiger partial charge is 0.317 e. The zero-order chi connectivity index (χ0) is 13.0. The third-order valence-corrected chi connectivity index (χ3v) is 3.78. The van der Waals surface area contributed by atoms with Crippen LogP contribution in [0.25, 0.3) is 0 Å². The molecule has 98 valence electrons. The summed E-state index contributed by atoms with van der Waals surface area (Å²) in [5.41, 5.74) is 0. The Hall–Kier alpha value is -1.26. The van der Waals surface area contributed by atoms with Gasteiger partial charge in [0.2, 0.25) is 0 Å². The number of nitrogens with zero attached hydrogens (tertiary/aromatic N) is 1. The Morgan fingerprint density at radius 2 is 2.00 bits per heavy atom. The lowest BCUT2D eigenvalue weighted by molar-refractivity contribution is -0.137. The Kier molecular flexibility index (Phi) is 4.78. The summed E-state index contributed by atoms with van der Waals surface area (Å²) in [5.74, 6) is 0.254. The van der Waals surface area contributed by atoms with Gasteiger partial charge in [-0.1, -0.05) is 13.8 Å². The van der Waals surface area contributed by atoms with Gasteiger partial charge in [-0.25, -0.2) is 4.79 Å². The highest BCUT2D eigenvalue weighted by Gasteiger charge is 2.31. The normalized spacial score (nSPS) is 27.8. The maximum atomic E-state index is 11.8. The number of hydrogen-bond acceptors (Lipinski definition) is 2. The first-order chi connectivity index (χ1) is 7.91. The van der Waals surface area contributed by atoms with Crippen LogP contribution in [0, 0.1) is 11.8 Å². The molecule has 0 aromatic carbocycles. The van der Waals surface area contributed by atoms with Crippen molar-refractivity contribution in [3.05, 3.63) is 0 Å². The van der Waals surface area contributed by atoms with Crippen molar-refractivity contribution >= 4 is 12.0 Å². The van der Waals surface area contributed by atoms with Crippen molar-refractivity contribution in [3.8, 4) is 0 Å². The van der Waals surface area contributed by atoms with E-state index in [1.807, 2.05) is 0 Å². The third-order valence-electron chi connectivity index (χ3n) is 3.78.